The highest BCUT2D eigenvalue weighted by Crippen LogP contribution is 2.32. The lowest BCUT2D eigenvalue weighted by atomic mass is 10.1. The number of halogens is 4. The van der Waals surface area contributed by atoms with Crippen LogP contribution < -0.4 is 9.62 Å². The Hall–Kier alpha value is -2.79. The van der Waals surface area contributed by atoms with E-state index in [9.17, 15) is 31.2 Å². The molecule has 1 unspecified atom stereocenters. The van der Waals surface area contributed by atoms with E-state index in [4.69, 9.17) is 11.6 Å². The average Bonchev–Trinajstić information content (AvgIpc) is 3.33. The van der Waals surface area contributed by atoms with E-state index in [0.717, 1.165) is 44.1 Å². The van der Waals surface area contributed by atoms with Crippen LogP contribution in [0.4, 0.5) is 18.9 Å². The smallest absolute Gasteiger partial charge is 0.352 e. The quantitative estimate of drug-likeness (QED) is 0.486. The van der Waals surface area contributed by atoms with Gasteiger partial charge in [-0.3, -0.25) is 13.9 Å². The zero-order chi connectivity index (χ0) is 27.4. The number of benzene rings is 2. The van der Waals surface area contributed by atoms with Crippen LogP contribution in [0, 0.1) is 0 Å². The predicted octanol–water partition coefficient (Wildman–Crippen LogP) is 4.60. The maximum atomic E-state index is 13.5. The summed E-state index contributed by atoms with van der Waals surface area (Å²) in [5.41, 5.74) is -0.835. The van der Waals surface area contributed by atoms with Crippen molar-refractivity contribution in [2.24, 2.45) is 0 Å². The number of rotatable bonds is 9. The first-order valence-corrected chi connectivity index (χ1v) is 14.0. The van der Waals surface area contributed by atoms with E-state index in [-0.39, 0.29) is 18.3 Å². The van der Waals surface area contributed by atoms with Crippen LogP contribution in [0.15, 0.2) is 48.5 Å². The summed E-state index contributed by atoms with van der Waals surface area (Å²) in [5.74, 6) is -1.17. The molecular weight excluding hydrogens is 531 g/mol. The first-order valence-electron chi connectivity index (χ1n) is 11.8. The van der Waals surface area contributed by atoms with Gasteiger partial charge in [0.2, 0.25) is 21.8 Å². The van der Waals surface area contributed by atoms with Crippen molar-refractivity contribution in [2.45, 2.75) is 57.4 Å². The maximum Gasteiger partial charge on any atom is 0.416 e. The Morgan fingerprint density at radius 3 is 2.35 bits per heavy atom. The first-order chi connectivity index (χ1) is 17.3. The minimum Gasteiger partial charge on any atom is -0.352 e. The summed E-state index contributed by atoms with van der Waals surface area (Å²) in [6, 6.07) is 9.43. The molecule has 0 aliphatic heterocycles. The van der Waals surface area contributed by atoms with Gasteiger partial charge in [0.15, 0.2) is 0 Å². The molecule has 0 radical (unpaired) electrons. The Labute approximate surface area is 219 Å². The lowest BCUT2D eigenvalue weighted by Gasteiger charge is -2.32. The fourth-order valence-electron chi connectivity index (χ4n) is 4.24. The fourth-order valence-corrected chi connectivity index (χ4v) is 5.27. The van der Waals surface area contributed by atoms with Crippen molar-refractivity contribution >= 4 is 39.1 Å². The highest BCUT2D eigenvalue weighted by molar-refractivity contribution is 7.92. The molecule has 1 fully saturated rings. The number of alkyl halides is 3. The summed E-state index contributed by atoms with van der Waals surface area (Å²) >= 11 is 6.28. The molecule has 1 saturated carbocycles. The Morgan fingerprint density at radius 2 is 1.76 bits per heavy atom. The molecule has 2 amide bonds. The topological polar surface area (TPSA) is 86.8 Å². The molecule has 1 atom stereocenters. The fraction of sp³-hybridized carbons (Fsp3) is 0.440. The number of amides is 2. The molecule has 7 nitrogen and oxygen atoms in total. The van der Waals surface area contributed by atoms with Crippen LogP contribution in [0.1, 0.15) is 43.7 Å². The van der Waals surface area contributed by atoms with Crippen LogP contribution in [0.5, 0.6) is 0 Å². The third-order valence-electron chi connectivity index (χ3n) is 6.31. The van der Waals surface area contributed by atoms with Gasteiger partial charge in [0.05, 0.1) is 17.5 Å². The number of hydrogen-bond acceptors (Lipinski definition) is 4. The summed E-state index contributed by atoms with van der Waals surface area (Å²) < 4.78 is 65.5. The molecule has 0 aromatic heterocycles. The standard InChI is InChI=1S/C25H29ClF3N3O4S/c1-17(24(34)30-20-10-4-5-11-20)31(15-18-8-3-6-13-22(18)26)23(33)16-32(37(2,35)36)21-12-7-9-19(14-21)25(27,28)29/h3,6-9,12-14,17,20H,4-5,10-11,15-16H2,1-2H3,(H,30,34). The number of nitrogens with zero attached hydrogens (tertiary/aromatic N) is 2. The van der Waals surface area contributed by atoms with E-state index in [1.54, 1.807) is 24.3 Å². The summed E-state index contributed by atoms with van der Waals surface area (Å²) in [6.45, 7) is 0.623. The molecule has 1 aliphatic rings. The Morgan fingerprint density at radius 1 is 1.11 bits per heavy atom. The van der Waals surface area contributed by atoms with Gasteiger partial charge in [0, 0.05) is 17.6 Å². The van der Waals surface area contributed by atoms with Gasteiger partial charge >= 0.3 is 6.18 Å². The average molecular weight is 560 g/mol. The van der Waals surface area contributed by atoms with Crippen molar-refractivity contribution in [3.63, 3.8) is 0 Å². The second kappa shape index (κ2) is 11.7. The van der Waals surface area contributed by atoms with Gasteiger partial charge in [-0.25, -0.2) is 8.42 Å². The van der Waals surface area contributed by atoms with Crippen LogP contribution in [-0.2, 0) is 32.3 Å². The molecule has 1 N–H and O–H groups in total. The predicted molar refractivity (Wildman–Crippen MR) is 135 cm³/mol. The van der Waals surface area contributed by atoms with Gasteiger partial charge in [-0.1, -0.05) is 48.7 Å². The highest BCUT2D eigenvalue weighted by atomic mass is 35.5. The van der Waals surface area contributed by atoms with Crippen LogP contribution >= 0.6 is 11.6 Å². The van der Waals surface area contributed by atoms with Crippen LogP contribution in [0.25, 0.3) is 0 Å². The number of anilines is 1. The molecule has 0 spiro atoms. The second-order valence-electron chi connectivity index (χ2n) is 9.10. The van der Waals surface area contributed by atoms with Crippen molar-refractivity contribution in [3.8, 4) is 0 Å². The molecule has 202 valence electrons. The highest BCUT2D eigenvalue weighted by Gasteiger charge is 2.34. The summed E-state index contributed by atoms with van der Waals surface area (Å²) in [5, 5.41) is 3.28. The molecule has 2 aromatic carbocycles. The van der Waals surface area contributed by atoms with E-state index < -0.39 is 46.2 Å². The zero-order valence-corrected chi connectivity index (χ0v) is 22.0. The van der Waals surface area contributed by atoms with Crippen LogP contribution in [0.3, 0.4) is 0 Å². The maximum absolute atomic E-state index is 13.5. The van der Waals surface area contributed by atoms with Crippen molar-refractivity contribution in [3.05, 3.63) is 64.7 Å². The van der Waals surface area contributed by atoms with Crippen molar-refractivity contribution < 1.29 is 31.2 Å². The van der Waals surface area contributed by atoms with E-state index >= 15 is 0 Å². The van der Waals surface area contributed by atoms with E-state index in [1.165, 1.54) is 17.9 Å². The summed E-state index contributed by atoms with van der Waals surface area (Å²) in [7, 11) is -4.16. The van der Waals surface area contributed by atoms with Gasteiger partial charge < -0.3 is 10.2 Å². The van der Waals surface area contributed by atoms with Crippen molar-refractivity contribution in [2.75, 3.05) is 17.1 Å². The molecule has 0 bridgehead atoms. The second-order valence-corrected chi connectivity index (χ2v) is 11.4. The van der Waals surface area contributed by atoms with E-state index in [1.807, 2.05) is 0 Å². The van der Waals surface area contributed by atoms with Crippen molar-refractivity contribution in [1.29, 1.82) is 0 Å². The number of carbonyl (C=O) groups excluding carboxylic acids is 2. The molecule has 0 saturated heterocycles. The van der Waals surface area contributed by atoms with Crippen LogP contribution in [-0.4, -0.2) is 50.0 Å². The van der Waals surface area contributed by atoms with Gasteiger partial charge in [-0.05, 0) is 49.6 Å². The number of nitrogens with one attached hydrogen (secondary N) is 1. The Bertz CT molecular complexity index is 1230. The molecule has 1 aliphatic carbocycles. The third kappa shape index (κ3) is 7.61. The number of hydrogen-bond donors (Lipinski definition) is 1. The summed E-state index contributed by atoms with van der Waals surface area (Å²) in [4.78, 5) is 27.8. The minimum atomic E-state index is -4.70. The van der Waals surface area contributed by atoms with Gasteiger partial charge in [-0.2, -0.15) is 13.2 Å². The van der Waals surface area contributed by atoms with E-state index in [0.29, 0.717) is 21.0 Å². The largest absolute Gasteiger partial charge is 0.416 e. The molecule has 0 heterocycles. The van der Waals surface area contributed by atoms with Gasteiger partial charge in [-0.15, -0.1) is 0 Å². The van der Waals surface area contributed by atoms with Gasteiger partial charge in [0.25, 0.3) is 0 Å². The molecule has 37 heavy (non-hydrogen) atoms. The summed E-state index contributed by atoms with van der Waals surface area (Å²) in [6.07, 6.45) is -0.270. The van der Waals surface area contributed by atoms with E-state index in [2.05, 4.69) is 5.32 Å². The number of sulfonamides is 1. The van der Waals surface area contributed by atoms with Crippen LogP contribution in [0.2, 0.25) is 5.02 Å². The number of carbonyl (C=O) groups is 2. The lowest BCUT2D eigenvalue weighted by Crippen LogP contribution is -2.52. The van der Waals surface area contributed by atoms with Crippen molar-refractivity contribution in [1.82, 2.24) is 10.2 Å². The SMILES string of the molecule is CC(C(=O)NC1CCCC1)N(Cc1ccccc1Cl)C(=O)CN(c1cccc(C(F)(F)F)c1)S(C)(=O)=O. The first kappa shape index (κ1) is 28.8. The monoisotopic (exact) mass is 559 g/mol. The minimum absolute atomic E-state index is 0.00941. The normalized spacial score (nSPS) is 15.3. The Kier molecular flexibility index (Phi) is 9.12. The molecule has 2 aromatic rings. The Balaban J connectivity index is 1.92. The third-order valence-corrected chi connectivity index (χ3v) is 7.82. The molecular formula is C25H29ClF3N3O4S. The zero-order valence-electron chi connectivity index (χ0n) is 20.5. The molecule has 12 heteroatoms. The molecule has 3 rings (SSSR count). The van der Waals surface area contributed by atoms with Gasteiger partial charge in [0.1, 0.15) is 12.6 Å². The lowest BCUT2D eigenvalue weighted by molar-refractivity contribution is -0.139.